The number of piperidine rings is 1. The van der Waals surface area contributed by atoms with Crippen molar-refractivity contribution >= 4 is 5.91 Å². The molecule has 0 aromatic heterocycles. The standard InChI is InChI=1S/C16H22N2O3/c19-11-6-7-12(15(20)10-11)16(21)18-9-2-1-5-14(18)13-4-3-8-17-13/h6-7,10,13-14,17,19-20H,1-5,8-9H2. The van der Waals surface area contributed by atoms with Crippen LogP contribution in [0.15, 0.2) is 18.2 Å². The number of carbonyl (C=O) groups excluding carboxylic acids is 1. The number of rotatable bonds is 2. The van der Waals surface area contributed by atoms with Crippen LogP contribution in [-0.4, -0.2) is 46.2 Å². The molecule has 2 aliphatic heterocycles. The van der Waals surface area contributed by atoms with Crippen LogP contribution < -0.4 is 5.32 Å². The lowest BCUT2D eigenvalue weighted by atomic mass is 9.93. The molecular weight excluding hydrogens is 268 g/mol. The minimum absolute atomic E-state index is 0.0308. The van der Waals surface area contributed by atoms with Gasteiger partial charge in [-0.15, -0.1) is 0 Å². The Balaban J connectivity index is 1.83. The maximum atomic E-state index is 12.8. The molecule has 0 spiro atoms. The summed E-state index contributed by atoms with van der Waals surface area (Å²) in [5, 5.41) is 22.8. The van der Waals surface area contributed by atoms with Crippen molar-refractivity contribution < 1.29 is 15.0 Å². The second-order valence-corrected chi connectivity index (χ2v) is 5.97. The number of hydrogen-bond donors (Lipinski definition) is 3. The molecule has 3 N–H and O–H groups in total. The van der Waals surface area contributed by atoms with Gasteiger partial charge in [-0.25, -0.2) is 0 Å². The Morgan fingerprint density at radius 2 is 2.05 bits per heavy atom. The minimum atomic E-state index is -0.149. The number of amides is 1. The monoisotopic (exact) mass is 290 g/mol. The van der Waals surface area contributed by atoms with Crippen LogP contribution >= 0.6 is 0 Å². The highest BCUT2D eigenvalue weighted by Gasteiger charge is 2.35. The molecule has 114 valence electrons. The number of phenols is 2. The molecule has 2 atom stereocenters. The van der Waals surface area contributed by atoms with Crippen molar-refractivity contribution in [2.24, 2.45) is 0 Å². The molecule has 2 saturated heterocycles. The molecule has 0 radical (unpaired) electrons. The molecule has 5 heteroatoms. The molecule has 2 fully saturated rings. The van der Waals surface area contributed by atoms with Crippen molar-refractivity contribution in [2.75, 3.05) is 13.1 Å². The zero-order valence-corrected chi connectivity index (χ0v) is 12.1. The quantitative estimate of drug-likeness (QED) is 0.777. The van der Waals surface area contributed by atoms with E-state index in [1.807, 2.05) is 4.90 Å². The number of carbonyl (C=O) groups is 1. The Bertz CT molecular complexity index is 526. The molecule has 0 aliphatic carbocycles. The van der Waals surface area contributed by atoms with E-state index in [1.54, 1.807) is 0 Å². The van der Waals surface area contributed by atoms with Crippen LogP contribution in [0.3, 0.4) is 0 Å². The molecule has 0 saturated carbocycles. The highest BCUT2D eigenvalue weighted by Crippen LogP contribution is 2.29. The fraction of sp³-hybridized carbons (Fsp3) is 0.562. The van der Waals surface area contributed by atoms with Crippen LogP contribution in [0.2, 0.25) is 0 Å². The van der Waals surface area contributed by atoms with Crippen molar-refractivity contribution in [2.45, 2.75) is 44.2 Å². The molecular formula is C16H22N2O3. The number of nitrogens with zero attached hydrogens (tertiary/aromatic N) is 1. The van der Waals surface area contributed by atoms with Crippen LogP contribution in [-0.2, 0) is 0 Å². The van der Waals surface area contributed by atoms with Gasteiger partial charge < -0.3 is 20.4 Å². The van der Waals surface area contributed by atoms with E-state index >= 15 is 0 Å². The third-order valence-corrected chi connectivity index (χ3v) is 4.58. The first-order valence-corrected chi connectivity index (χ1v) is 7.73. The predicted octanol–water partition coefficient (Wildman–Crippen LogP) is 1.84. The van der Waals surface area contributed by atoms with E-state index < -0.39 is 0 Å². The maximum Gasteiger partial charge on any atom is 0.257 e. The molecule has 2 aliphatic rings. The van der Waals surface area contributed by atoms with Crippen molar-refractivity contribution in [3.8, 4) is 11.5 Å². The van der Waals surface area contributed by atoms with Gasteiger partial charge in [-0.05, 0) is 50.8 Å². The molecule has 21 heavy (non-hydrogen) atoms. The number of phenolic OH excluding ortho intramolecular Hbond substituents is 2. The van der Waals surface area contributed by atoms with Gasteiger partial charge in [0, 0.05) is 24.7 Å². The molecule has 0 bridgehead atoms. The lowest BCUT2D eigenvalue weighted by molar-refractivity contribution is 0.0560. The highest BCUT2D eigenvalue weighted by atomic mass is 16.3. The van der Waals surface area contributed by atoms with Crippen molar-refractivity contribution in [3.05, 3.63) is 23.8 Å². The first-order valence-electron chi connectivity index (χ1n) is 7.73. The zero-order valence-electron chi connectivity index (χ0n) is 12.1. The first kappa shape index (κ1) is 14.2. The average molecular weight is 290 g/mol. The molecule has 1 amide bonds. The zero-order chi connectivity index (χ0) is 14.8. The van der Waals surface area contributed by atoms with Gasteiger partial charge in [0.25, 0.3) is 5.91 Å². The summed E-state index contributed by atoms with van der Waals surface area (Å²) in [5.74, 6) is -0.314. The van der Waals surface area contributed by atoms with Gasteiger partial charge in [-0.3, -0.25) is 4.79 Å². The summed E-state index contributed by atoms with van der Waals surface area (Å²) in [6.07, 6.45) is 5.44. The summed E-state index contributed by atoms with van der Waals surface area (Å²) in [6, 6.07) is 4.75. The molecule has 3 rings (SSSR count). The van der Waals surface area contributed by atoms with Crippen molar-refractivity contribution in [1.82, 2.24) is 10.2 Å². The van der Waals surface area contributed by atoms with E-state index in [1.165, 1.54) is 18.2 Å². The summed E-state index contributed by atoms with van der Waals surface area (Å²) in [6.45, 7) is 1.76. The SMILES string of the molecule is O=C(c1ccc(O)cc1O)N1CCCCC1C1CCCN1. The number of aromatic hydroxyl groups is 2. The Morgan fingerprint density at radius 1 is 1.19 bits per heavy atom. The third kappa shape index (κ3) is 2.83. The Labute approximate surface area is 124 Å². The lowest BCUT2D eigenvalue weighted by Crippen LogP contribution is -2.52. The summed E-state index contributed by atoms with van der Waals surface area (Å²) >= 11 is 0. The van der Waals surface area contributed by atoms with Gasteiger partial charge >= 0.3 is 0 Å². The van der Waals surface area contributed by atoms with Crippen LogP contribution in [0.4, 0.5) is 0 Å². The summed E-state index contributed by atoms with van der Waals surface area (Å²) < 4.78 is 0. The summed E-state index contributed by atoms with van der Waals surface area (Å²) in [7, 11) is 0. The number of nitrogens with one attached hydrogen (secondary N) is 1. The van der Waals surface area contributed by atoms with Gasteiger partial charge in [0.05, 0.1) is 5.56 Å². The van der Waals surface area contributed by atoms with Gasteiger partial charge in [0.15, 0.2) is 0 Å². The van der Waals surface area contributed by atoms with Crippen LogP contribution in [0.1, 0.15) is 42.5 Å². The second kappa shape index (κ2) is 5.93. The van der Waals surface area contributed by atoms with Crippen LogP contribution in [0.25, 0.3) is 0 Å². The van der Waals surface area contributed by atoms with Gasteiger partial charge in [-0.2, -0.15) is 0 Å². The van der Waals surface area contributed by atoms with E-state index in [2.05, 4.69) is 5.32 Å². The molecule has 2 unspecified atom stereocenters. The largest absolute Gasteiger partial charge is 0.508 e. The molecule has 1 aromatic rings. The van der Waals surface area contributed by atoms with E-state index in [-0.39, 0.29) is 29.0 Å². The number of benzene rings is 1. The molecule has 1 aromatic carbocycles. The van der Waals surface area contributed by atoms with Crippen molar-refractivity contribution in [1.29, 1.82) is 0 Å². The summed E-state index contributed by atoms with van der Waals surface area (Å²) in [5.41, 5.74) is 0.276. The van der Waals surface area contributed by atoms with Gasteiger partial charge in [-0.1, -0.05) is 0 Å². The fourth-order valence-electron chi connectivity index (χ4n) is 3.52. The normalized spacial score (nSPS) is 26.0. The Hall–Kier alpha value is -1.75. The van der Waals surface area contributed by atoms with Gasteiger partial charge in [0.1, 0.15) is 11.5 Å². The third-order valence-electron chi connectivity index (χ3n) is 4.58. The smallest absolute Gasteiger partial charge is 0.257 e. The predicted molar refractivity (Wildman–Crippen MR) is 79.5 cm³/mol. The number of likely N-dealkylation sites (tertiary alicyclic amines) is 1. The first-order chi connectivity index (χ1) is 10.2. The van der Waals surface area contributed by atoms with Gasteiger partial charge in [0.2, 0.25) is 0 Å². The fourth-order valence-corrected chi connectivity index (χ4v) is 3.52. The Kier molecular flexibility index (Phi) is 4.01. The molecule has 5 nitrogen and oxygen atoms in total. The van der Waals surface area contributed by atoms with Crippen molar-refractivity contribution in [3.63, 3.8) is 0 Å². The average Bonchev–Trinajstić information content (AvgIpc) is 3.01. The second-order valence-electron chi connectivity index (χ2n) is 5.97. The summed E-state index contributed by atoms with van der Waals surface area (Å²) in [4.78, 5) is 14.7. The Morgan fingerprint density at radius 3 is 2.76 bits per heavy atom. The molecule has 2 heterocycles. The highest BCUT2D eigenvalue weighted by molar-refractivity contribution is 5.97. The van der Waals surface area contributed by atoms with Crippen LogP contribution in [0, 0.1) is 0 Å². The van der Waals surface area contributed by atoms with E-state index in [0.29, 0.717) is 6.04 Å². The van der Waals surface area contributed by atoms with E-state index in [0.717, 1.165) is 45.2 Å². The lowest BCUT2D eigenvalue weighted by Gasteiger charge is -2.39. The van der Waals surface area contributed by atoms with E-state index in [4.69, 9.17) is 0 Å². The van der Waals surface area contributed by atoms with Crippen LogP contribution in [0.5, 0.6) is 11.5 Å². The maximum absolute atomic E-state index is 12.8. The van der Waals surface area contributed by atoms with E-state index in [9.17, 15) is 15.0 Å². The minimum Gasteiger partial charge on any atom is -0.508 e. The number of hydrogen-bond acceptors (Lipinski definition) is 4. The topological polar surface area (TPSA) is 72.8 Å².